The van der Waals surface area contributed by atoms with Crippen molar-refractivity contribution < 1.29 is 19.1 Å². The van der Waals surface area contributed by atoms with Crippen molar-refractivity contribution >= 4 is 57.9 Å². The molecule has 6 nitrogen and oxygen atoms in total. The van der Waals surface area contributed by atoms with Crippen LogP contribution in [-0.2, 0) is 14.3 Å². The molecule has 0 aromatic heterocycles. The van der Waals surface area contributed by atoms with Gasteiger partial charge in [0.2, 0.25) is 5.91 Å². The van der Waals surface area contributed by atoms with Gasteiger partial charge >= 0.3 is 5.97 Å². The van der Waals surface area contributed by atoms with Gasteiger partial charge in [-0.25, -0.2) is 4.79 Å². The molecule has 33 heavy (non-hydrogen) atoms. The number of amides is 1. The Morgan fingerprint density at radius 3 is 2.48 bits per heavy atom. The fraction of sp³-hybridized carbons (Fsp3) is 0.360. The normalized spacial score (nSPS) is 21.5. The van der Waals surface area contributed by atoms with Gasteiger partial charge in [0.05, 0.1) is 36.0 Å². The fourth-order valence-corrected chi connectivity index (χ4v) is 5.35. The number of ketones is 1. The summed E-state index contributed by atoms with van der Waals surface area (Å²) >= 11 is 12.7. The highest BCUT2D eigenvalue weighted by Crippen LogP contribution is 2.49. The number of rotatable bonds is 2. The molecule has 0 radical (unpaired) electrons. The van der Waals surface area contributed by atoms with Crippen molar-refractivity contribution in [2.24, 2.45) is 16.3 Å². The SMILES string of the molecule is COC(=O)c1ccc2c(c1)N(C(C)=O)C(c1ccc(Cl)cc1Cl)C1C(=O)CC(C)(C)CC1=N2. The van der Waals surface area contributed by atoms with Gasteiger partial charge in [-0.1, -0.05) is 43.1 Å². The van der Waals surface area contributed by atoms with Crippen molar-refractivity contribution in [2.45, 2.75) is 39.7 Å². The van der Waals surface area contributed by atoms with E-state index < -0.39 is 17.9 Å². The molecule has 172 valence electrons. The molecular weight excluding hydrogens is 463 g/mol. The molecule has 1 aliphatic carbocycles. The number of Topliss-reactive ketones (excluding diaryl/α,β-unsaturated/α-hetero) is 1. The maximum atomic E-state index is 13.5. The predicted molar refractivity (Wildman–Crippen MR) is 129 cm³/mol. The molecule has 1 heterocycles. The highest BCUT2D eigenvalue weighted by Gasteiger charge is 2.48. The smallest absolute Gasteiger partial charge is 0.337 e. The van der Waals surface area contributed by atoms with Gasteiger partial charge in [0, 0.05) is 29.1 Å². The van der Waals surface area contributed by atoms with Crippen molar-refractivity contribution in [2.75, 3.05) is 12.0 Å². The molecule has 1 amide bonds. The molecule has 0 N–H and O–H groups in total. The monoisotopic (exact) mass is 486 g/mol. The van der Waals surface area contributed by atoms with Crippen LogP contribution in [0.25, 0.3) is 0 Å². The minimum Gasteiger partial charge on any atom is -0.465 e. The van der Waals surface area contributed by atoms with E-state index >= 15 is 0 Å². The summed E-state index contributed by atoms with van der Waals surface area (Å²) in [6.07, 6.45) is 0.947. The standard InChI is InChI=1S/C25H24Cl2N2O4/c1-13(30)29-20-9-14(24(32)33-4)5-8-18(20)28-19-11-25(2,3)12-21(31)22(19)23(29)16-7-6-15(26)10-17(16)27/h5-10,22-23H,11-12H2,1-4H3. The van der Waals surface area contributed by atoms with Crippen molar-refractivity contribution in [3.05, 3.63) is 57.6 Å². The van der Waals surface area contributed by atoms with Crippen LogP contribution in [0.15, 0.2) is 41.4 Å². The number of benzene rings is 2. The van der Waals surface area contributed by atoms with Crippen LogP contribution in [-0.4, -0.2) is 30.5 Å². The quantitative estimate of drug-likeness (QED) is 0.490. The first kappa shape index (κ1) is 23.5. The van der Waals surface area contributed by atoms with Gasteiger partial charge in [0.25, 0.3) is 0 Å². The van der Waals surface area contributed by atoms with E-state index in [1.54, 1.807) is 36.4 Å². The highest BCUT2D eigenvalue weighted by atomic mass is 35.5. The van der Waals surface area contributed by atoms with Gasteiger partial charge in [-0.3, -0.25) is 14.6 Å². The van der Waals surface area contributed by atoms with Crippen molar-refractivity contribution in [3.8, 4) is 0 Å². The molecular formula is C25H24Cl2N2O4. The number of hydrogen-bond acceptors (Lipinski definition) is 5. The molecule has 2 atom stereocenters. The van der Waals surface area contributed by atoms with Gasteiger partial charge in [0.15, 0.2) is 0 Å². The number of esters is 1. The number of methoxy groups -OCH3 is 1. The summed E-state index contributed by atoms with van der Waals surface area (Å²) < 4.78 is 4.87. The summed E-state index contributed by atoms with van der Waals surface area (Å²) in [7, 11) is 1.29. The molecule has 1 aliphatic heterocycles. The van der Waals surface area contributed by atoms with E-state index in [1.807, 2.05) is 13.8 Å². The molecule has 0 spiro atoms. The van der Waals surface area contributed by atoms with Crippen LogP contribution in [0.1, 0.15) is 55.6 Å². The average molecular weight is 487 g/mol. The third kappa shape index (κ3) is 4.30. The number of anilines is 1. The predicted octanol–water partition coefficient (Wildman–Crippen LogP) is 5.97. The molecule has 2 aromatic rings. The number of ether oxygens (including phenoxy) is 1. The van der Waals surface area contributed by atoms with E-state index in [0.717, 1.165) is 0 Å². The zero-order chi connectivity index (χ0) is 24.1. The second-order valence-electron chi connectivity index (χ2n) is 9.26. The molecule has 8 heteroatoms. The second-order valence-corrected chi connectivity index (χ2v) is 10.1. The number of fused-ring (bicyclic) bond motifs is 2. The maximum absolute atomic E-state index is 13.5. The zero-order valence-electron chi connectivity index (χ0n) is 18.8. The Labute approximate surface area is 202 Å². The van der Waals surface area contributed by atoms with E-state index in [4.69, 9.17) is 32.9 Å². The molecule has 0 saturated heterocycles. The number of hydrogen-bond donors (Lipinski definition) is 0. The van der Waals surface area contributed by atoms with Crippen molar-refractivity contribution in [1.82, 2.24) is 0 Å². The number of aliphatic imine (C=N–C) groups is 1. The zero-order valence-corrected chi connectivity index (χ0v) is 20.3. The Morgan fingerprint density at radius 1 is 1.12 bits per heavy atom. The van der Waals surface area contributed by atoms with E-state index in [9.17, 15) is 14.4 Å². The second kappa shape index (κ2) is 8.58. The number of carbonyl (C=O) groups is 3. The largest absolute Gasteiger partial charge is 0.465 e. The molecule has 4 rings (SSSR count). The number of halogens is 2. The number of nitrogens with zero attached hydrogens (tertiary/aromatic N) is 2. The van der Waals surface area contributed by atoms with Crippen LogP contribution >= 0.6 is 23.2 Å². The Hall–Kier alpha value is -2.70. The first-order valence-corrected chi connectivity index (χ1v) is 11.4. The third-order valence-corrected chi connectivity index (χ3v) is 6.72. The van der Waals surface area contributed by atoms with Crippen molar-refractivity contribution in [3.63, 3.8) is 0 Å². The van der Waals surface area contributed by atoms with Crippen LogP contribution in [0.2, 0.25) is 10.0 Å². The summed E-state index contributed by atoms with van der Waals surface area (Å²) in [6.45, 7) is 5.49. The lowest BCUT2D eigenvalue weighted by molar-refractivity contribution is -0.124. The minimum atomic E-state index is -0.733. The van der Waals surface area contributed by atoms with Crippen LogP contribution < -0.4 is 4.90 Å². The Balaban J connectivity index is 2.02. The summed E-state index contributed by atoms with van der Waals surface area (Å²) in [5, 5.41) is 0.799. The molecule has 1 saturated carbocycles. The lowest BCUT2D eigenvalue weighted by Crippen LogP contribution is -2.47. The van der Waals surface area contributed by atoms with E-state index in [2.05, 4.69) is 0 Å². The summed E-state index contributed by atoms with van der Waals surface area (Å²) in [4.78, 5) is 45.3. The first-order chi connectivity index (χ1) is 15.5. The van der Waals surface area contributed by atoms with Gasteiger partial charge in [-0.05, 0) is 47.7 Å². The Bertz CT molecular complexity index is 1200. The van der Waals surface area contributed by atoms with Crippen LogP contribution in [0.4, 0.5) is 11.4 Å². The van der Waals surface area contributed by atoms with E-state index in [-0.39, 0.29) is 22.7 Å². The lowest BCUT2D eigenvalue weighted by atomic mass is 9.68. The number of carbonyl (C=O) groups excluding carboxylic acids is 3. The van der Waals surface area contributed by atoms with Gasteiger partial charge in [0.1, 0.15) is 5.78 Å². The van der Waals surface area contributed by atoms with Gasteiger partial charge < -0.3 is 9.64 Å². The molecule has 2 aliphatic rings. The topological polar surface area (TPSA) is 76.0 Å². The van der Waals surface area contributed by atoms with Crippen LogP contribution in [0, 0.1) is 11.3 Å². The van der Waals surface area contributed by atoms with Crippen LogP contribution in [0.5, 0.6) is 0 Å². The molecule has 2 unspecified atom stereocenters. The van der Waals surface area contributed by atoms with Crippen molar-refractivity contribution in [1.29, 1.82) is 0 Å². The van der Waals surface area contributed by atoms with E-state index in [0.29, 0.717) is 45.5 Å². The Kier molecular flexibility index (Phi) is 6.10. The fourth-order valence-electron chi connectivity index (χ4n) is 4.83. The Morgan fingerprint density at radius 2 is 1.85 bits per heavy atom. The lowest BCUT2D eigenvalue weighted by Gasteiger charge is -2.41. The summed E-state index contributed by atoms with van der Waals surface area (Å²) in [5.41, 5.74) is 2.24. The highest BCUT2D eigenvalue weighted by molar-refractivity contribution is 6.35. The molecule has 2 aromatic carbocycles. The average Bonchev–Trinajstić information content (AvgIpc) is 2.85. The van der Waals surface area contributed by atoms with Crippen LogP contribution in [0.3, 0.4) is 0 Å². The first-order valence-electron chi connectivity index (χ1n) is 10.6. The molecule has 0 bridgehead atoms. The molecule has 1 fully saturated rings. The van der Waals surface area contributed by atoms with Gasteiger partial charge in [-0.15, -0.1) is 0 Å². The summed E-state index contributed by atoms with van der Waals surface area (Å²) in [5.74, 6) is -1.51. The third-order valence-electron chi connectivity index (χ3n) is 6.15. The summed E-state index contributed by atoms with van der Waals surface area (Å²) in [6, 6.07) is 9.16. The maximum Gasteiger partial charge on any atom is 0.337 e. The van der Waals surface area contributed by atoms with Gasteiger partial charge in [-0.2, -0.15) is 0 Å². The van der Waals surface area contributed by atoms with E-state index in [1.165, 1.54) is 18.9 Å². The minimum absolute atomic E-state index is 0.00624.